The SMILES string of the molecule is Cc1cc(C)cc(C[C@@]2(O)C[C@H]3CN(CC(=O)c4ccc(O)cc4)C[C@H]3C2)c1. The number of carbonyl (C=O) groups is 1. The molecule has 148 valence electrons. The number of phenols is 1. The molecular weight excluding hydrogens is 350 g/mol. The van der Waals surface area contributed by atoms with Crippen LogP contribution < -0.4 is 0 Å². The van der Waals surface area contributed by atoms with E-state index in [1.165, 1.54) is 16.7 Å². The molecule has 2 aromatic rings. The molecule has 2 aliphatic rings. The number of aromatic hydroxyl groups is 1. The van der Waals surface area contributed by atoms with Gasteiger partial charge in [0.15, 0.2) is 5.78 Å². The van der Waals surface area contributed by atoms with E-state index < -0.39 is 5.60 Å². The van der Waals surface area contributed by atoms with E-state index in [1.807, 2.05) is 0 Å². The van der Waals surface area contributed by atoms with Crippen molar-refractivity contribution in [2.45, 2.75) is 38.7 Å². The smallest absolute Gasteiger partial charge is 0.176 e. The lowest BCUT2D eigenvalue weighted by molar-refractivity contribution is 0.0355. The van der Waals surface area contributed by atoms with Crippen molar-refractivity contribution in [1.29, 1.82) is 0 Å². The van der Waals surface area contributed by atoms with Gasteiger partial charge in [0.25, 0.3) is 0 Å². The minimum absolute atomic E-state index is 0.0884. The van der Waals surface area contributed by atoms with Crippen LogP contribution in [-0.2, 0) is 6.42 Å². The largest absolute Gasteiger partial charge is 0.508 e. The normalized spacial score (nSPS) is 27.1. The Morgan fingerprint density at radius 3 is 2.18 bits per heavy atom. The van der Waals surface area contributed by atoms with Crippen LogP contribution in [0.3, 0.4) is 0 Å². The van der Waals surface area contributed by atoms with E-state index >= 15 is 0 Å². The average molecular weight is 380 g/mol. The van der Waals surface area contributed by atoms with Gasteiger partial charge in [-0.3, -0.25) is 9.69 Å². The van der Waals surface area contributed by atoms with Crippen LogP contribution in [0.1, 0.15) is 39.9 Å². The van der Waals surface area contributed by atoms with Gasteiger partial charge >= 0.3 is 0 Å². The second-order valence-corrected chi connectivity index (χ2v) is 8.99. The van der Waals surface area contributed by atoms with Crippen molar-refractivity contribution < 1.29 is 15.0 Å². The fourth-order valence-corrected chi connectivity index (χ4v) is 5.32. The molecule has 0 aromatic heterocycles. The Kier molecular flexibility index (Phi) is 5.02. The van der Waals surface area contributed by atoms with Crippen molar-refractivity contribution >= 4 is 5.78 Å². The molecule has 28 heavy (non-hydrogen) atoms. The van der Waals surface area contributed by atoms with Gasteiger partial charge in [0.1, 0.15) is 5.75 Å². The summed E-state index contributed by atoms with van der Waals surface area (Å²) in [7, 11) is 0. The summed E-state index contributed by atoms with van der Waals surface area (Å²) in [6, 6.07) is 13.0. The molecule has 1 aliphatic heterocycles. The van der Waals surface area contributed by atoms with Gasteiger partial charge in [-0.15, -0.1) is 0 Å². The molecule has 2 N–H and O–H groups in total. The maximum atomic E-state index is 12.5. The summed E-state index contributed by atoms with van der Waals surface area (Å²) in [6.07, 6.45) is 2.35. The van der Waals surface area contributed by atoms with Gasteiger partial charge in [-0.2, -0.15) is 0 Å². The number of likely N-dealkylation sites (tertiary alicyclic amines) is 1. The molecule has 1 saturated carbocycles. The molecule has 0 spiro atoms. The molecule has 1 saturated heterocycles. The molecule has 1 heterocycles. The Morgan fingerprint density at radius 1 is 1.04 bits per heavy atom. The second-order valence-electron chi connectivity index (χ2n) is 8.99. The zero-order valence-corrected chi connectivity index (χ0v) is 16.7. The topological polar surface area (TPSA) is 60.8 Å². The first-order valence-electron chi connectivity index (χ1n) is 10.1. The Morgan fingerprint density at radius 2 is 1.61 bits per heavy atom. The number of rotatable bonds is 5. The number of ketones is 1. The predicted molar refractivity (Wildman–Crippen MR) is 110 cm³/mol. The zero-order chi connectivity index (χ0) is 19.9. The number of phenolic OH excluding ortho intramolecular Hbond substituents is 1. The van der Waals surface area contributed by atoms with Crippen molar-refractivity contribution in [1.82, 2.24) is 4.90 Å². The zero-order valence-electron chi connectivity index (χ0n) is 16.7. The molecular formula is C24H29NO3. The van der Waals surface area contributed by atoms with Crippen molar-refractivity contribution in [2.75, 3.05) is 19.6 Å². The highest BCUT2D eigenvalue weighted by Crippen LogP contribution is 2.45. The maximum absolute atomic E-state index is 12.5. The summed E-state index contributed by atoms with van der Waals surface area (Å²) >= 11 is 0. The Bertz CT molecular complexity index is 840. The lowest BCUT2D eigenvalue weighted by Gasteiger charge is -2.26. The minimum atomic E-state index is -0.622. The number of carbonyl (C=O) groups excluding carboxylic acids is 1. The highest BCUT2D eigenvalue weighted by molar-refractivity contribution is 5.97. The number of aliphatic hydroxyl groups is 1. The summed E-state index contributed by atoms with van der Waals surface area (Å²) in [5.74, 6) is 1.19. The van der Waals surface area contributed by atoms with Crippen LogP contribution in [0.5, 0.6) is 5.75 Å². The molecule has 3 atom stereocenters. The first-order chi connectivity index (χ1) is 13.3. The molecule has 0 unspecified atom stereocenters. The maximum Gasteiger partial charge on any atom is 0.176 e. The van der Waals surface area contributed by atoms with Gasteiger partial charge in [0.2, 0.25) is 0 Å². The van der Waals surface area contributed by atoms with Crippen molar-refractivity contribution in [2.24, 2.45) is 11.8 Å². The van der Waals surface area contributed by atoms with Crippen LogP contribution >= 0.6 is 0 Å². The molecule has 4 nitrogen and oxygen atoms in total. The molecule has 0 radical (unpaired) electrons. The second kappa shape index (κ2) is 7.34. The van der Waals surface area contributed by atoms with Crippen molar-refractivity contribution in [3.63, 3.8) is 0 Å². The predicted octanol–water partition coefficient (Wildman–Crippen LogP) is 3.51. The van der Waals surface area contributed by atoms with Crippen molar-refractivity contribution in [3.05, 3.63) is 64.7 Å². The molecule has 4 rings (SSSR count). The highest BCUT2D eigenvalue weighted by atomic mass is 16.3. The molecule has 2 aromatic carbocycles. The third kappa shape index (κ3) is 4.13. The first-order valence-corrected chi connectivity index (χ1v) is 10.1. The Labute approximate surface area is 166 Å². The molecule has 1 aliphatic carbocycles. The van der Waals surface area contributed by atoms with Crippen molar-refractivity contribution in [3.8, 4) is 5.75 Å². The fourth-order valence-electron chi connectivity index (χ4n) is 5.32. The summed E-state index contributed by atoms with van der Waals surface area (Å²) in [6.45, 7) is 6.38. The number of fused-ring (bicyclic) bond motifs is 1. The van der Waals surface area contributed by atoms with Crippen LogP contribution in [0.25, 0.3) is 0 Å². The van der Waals surface area contributed by atoms with Gasteiger partial charge in [0, 0.05) is 25.1 Å². The quantitative estimate of drug-likeness (QED) is 0.781. The number of Topliss-reactive ketones (excluding diaryl/α,β-unsaturated/α-hetero) is 1. The van der Waals surface area contributed by atoms with E-state index in [2.05, 4.69) is 36.9 Å². The summed E-state index contributed by atoms with van der Waals surface area (Å²) < 4.78 is 0. The van der Waals surface area contributed by atoms with E-state index in [0.29, 0.717) is 23.9 Å². The number of benzene rings is 2. The van der Waals surface area contributed by atoms with Crippen LogP contribution in [-0.4, -0.2) is 46.1 Å². The standard InChI is InChI=1S/C24H29NO3/c1-16-7-17(2)9-18(8-16)10-24(28)11-20-13-25(14-21(20)12-24)15-23(27)19-3-5-22(26)6-4-19/h3-9,20-21,26,28H,10-15H2,1-2H3/t20-,21+,24+. The van der Waals surface area contributed by atoms with E-state index in [4.69, 9.17) is 0 Å². The average Bonchev–Trinajstić information content (AvgIpc) is 3.08. The number of aryl methyl sites for hydroxylation is 2. The van der Waals surface area contributed by atoms with Gasteiger partial charge in [-0.1, -0.05) is 29.3 Å². The monoisotopic (exact) mass is 379 g/mol. The van der Waals surface area contributed by atoms with Crippen LogP contribution in [0.15, 0.2) is 42.5 Å². The molecule has 0 amide bonds. The summed E-state index contributed by atoms with van der Waals surface area (Å²) in [4.78, 5) is 14.7. The Balaban J connectivity index is 1.35. The van der Waals surface area contributed by atoms with E-state index in [0.717, 1.165) is 32.4 Å². The number of hydrogen-bond acceptors (Lipinski definition) is 4. The van der Waals surface area contributed by atoms with Gasteiger partial charge in [-0.05, 0) is 68.4 Å². The van der Waals surface area contributed by atoms with E-state index in [1.54, 1.807) is 24.3 Å². The van der Waals surface area contributed by atoms with E-state index in [-0.39, 0.29) is 11.5 Å². The molecule has 0 bridgehead atoms. The fraction of sp³-hybridized carbons (Fsp3) is 0.458. The lowest BCUT2D eigenvalue weighted by Crippen LogP contribution is -2.34. The number of nitrogens with zero attached hydrogens (tertiary/aromatic N) is 1. The third-order valence-electron chi connectivity index (χ3n) is 6.31. The third-order valence-corrected chi connectivity index (χ3v) is 6.31. The lowest BCUT2D eigenvalue weighted by atomic mass is 9.90. The van der Waals surface area contributed by atoms with Gasteiger partial charge < -0.3 is 10.2 Å². The Hall–Kier alpha value is -2.17. The molecule has 2 fully saturated rings. The summed E-state index contributed by atoms with van der Waals surface area (Å²) in [5, 5.41) is 20.6. The summed E-state index contributed by atoms with van der Waals surface area (Å²) in [5.41, 5.74) is 3.73. The minimum Gasteiger partial charge on any atom is -0.508 e. The van der Waals surface area contributed by atoms with Crippen LogP contribution in [0, 0.1) is 25.7 Å². The van der Waals surface area contributed by atoms with Crippen LogP contribution in [0.2, 0.25) is 0 Å². The van der Waals surface area contributed by atoms with Gasteiger partial charge in [-0.25, -0.2) is 0 Å². The van der Waals surface area contributed by atoms with Gasteiger partial charge in [0.05, 0.1) is 12.1 Å². The first kappa shape index (κ1) is 19.2. The highest BCUT2D eigenvalue weighted by Gasteiger charge is 2.48. The number of hydrogen-bond donors (Lipinski definition) is 2. The molecule has 4 heteroatoms. The van der Waals surface area contributed by atoms with E-state index in [9.17, 15) is 15.0 Å². The van der Waals surface area contributed by atoms with Crippen LogP contribution in [0.4, 0.5) is 0 Å².